The normalized spacial score (nSPS) is 22.4. The first-order valence-electron chi connectivity index (χ1n) is 6.64. The number of nitrogens with one attached hydrogen (secondary N) is 2. The van der Waals surface area contributed by atoms with Gasteiger partial charge >= 0.3 is 0 Å². The van der Waals surface area contributed by atoms with Gasteiger partial charge in [-0.15, -0.1) is 0 Å². The van der Waals surface area contributed by atoms with Gasteiger partial charge in [0.15, 0.2) is 0 Å². The number of rotatable bonds is 2. The van der Waals surface area contributed by atoms with Crippen LogP contribution in [0.15, 0.2) is 11.0 Å². The molecule has 1 saturated carbocycles. The zero-order valence-electron chi connectivity index (χ0n) is 10.0. The van der Waals surface area contributed by atoms with E-state index in [-0.39, 0.29) is 5.56 Å². The summed E-state index contributed by atoms with van der Waals surface area (Å²) in [6.07, 6.45) is 7.93. The fourth-order valence-electron chi connectivity index (χ4n) is 2.81. The van der Waals surface area contributed by atoms with Crippen molar-refractivity contribution in [2.24, 2.45) is 0 Å². The molecule has 4 heteroatoms. The first-order valence-corrected chi connectivity index (χ1v) is 6.64. The van der Waals surface area contributed by atoms with Gasteiger partial charge in [-0.2, -0.15) is 0 Å². The maximum atomic E-state index is 12.1. The molecule has 0 atom stereocenters. The van der Waals surface area contributed by atoms with E-state index in [0.29, 0.717) is 11.8 Å². The molecule has 3 rings (SSSR count). The van der Waals surface area contributed by atoms with Gasteiger partial charge in [0, 0.05) is 30.8 Å². The number of hydrogen-bond donors (Lipinski definition) is 2. The van der Waals surface area contributed by atoms with Crippen LogP contribution in [0.2, 0.25) is 0 Å². The maximum absolute atomic E-state index is 12.1. The zero-order valence-corrected chi connectivity index (χ0v) is 10.0. The van der Waals surface area contributed by atoms with Crippen LogP contribution in [0, 0.1) is 0 Å². The molecule has 2 N–H and O–H groups in total. The average Bonchev–Trinajstić information content (AvgIpc) is 2.28. The van der Waals surface area contributed by atoms with E-state index in [1.54, 1.807) is 0 Å². The minimum Gasteiger partial charge on any atom is -0.315 e. The standard InChI is InChI=1S/C13H19N3O/c17-13-11(9-4-2-1-3-5-9)8-15-12(16-13)10-6-14-7-10/h8-10,14H,1-7H2,(H,15,16,17). The molecule has 0 radical (unpaired) electrons. The number of H-pyrrole nitrogens is 1. The van der Waals surface area contributed by atoms with Crippen LogP contribution >= 0.6 is 0 Å². The van der Waals surface area contributed by atoms with E-state index in [0.717, 1.165) is 37.3 Å². The molecule has 0 aromatic carbocycles. The quantitative estimate of drug-likeness (QED) is 0.814. The SMILES string of the molecule is O=c1[nH]c(C2CNC2)ncc1C1CCCCC1. The summed E-state index contributed by atoms with van der Waals surface area (Å²) in [5.74, 6) is 1.70. The molecular weight excluding hydrogens is 214 g/mol. The van der Waals surface area contributed by atoms with E-state index in [9.17, 15) is 4.79 Å². The largest absolute Gasteiger partial charge is 0.315 e. The number of aromatic nitrogens is 2. The molecule has 4 nitrogen and oxygen atoms in total. The van der Waals surface area contributed by atoms with Gasteiger partial charge in [0.05, 0.1) is 0 Å². The van der Waals surface area contributed by atoms with E-state index in [4.69, 9.17) is 0 Å². The number of nitrogens with zero attached hydrogens (tertiary/aromatic N) is 1. The topological polar surface area (TPSA) is 57.8 Å². The molecular formula is C13H19N3O. The van der Waals surface area contributed by atoms with E-state index < -0.39 is 0 Å². The highest BCUT2D eigenvalue weighted by Gasteiger charge is 2.23. The van der Waals surface area contributed by atoms with Gasteiger partial charge in [0.25, 0.3) is 5.56 Å². The van der Waals surface area contributed by atoms with Crippen molar-refractivity contribution in [2.45, 2.75) is 43.9 Å². The van der Waals surface area contributed by atoms with Crippen molar-refractivity contribution >= 4 is 0 Å². The van der Waals surface area contributed by atoms with Gasteiger partial charge in [-0.1, -0.05) is 19.3 Å². The van der Waals surface area contributed by atoms with Gasteiger partial charge in [-0.25, -0.2) is 4.98 Å². The van der Waals surface area contributed by atoms with Crippen LogP contribution in [-0.4, -0.2) is 23.1 Å². The second kappa shape index (κ2) is 4.61. The molecule has 0 spiro atoms. The smallest absolute Gasteiger partial charge is 0.254 e. The Morgan fingerprint density at radius 2 is 1.88 bits per heavy atom. The molecule has 17 heavy (non-hydrogen) atoms. The average molecular weight is 233 g/mol. The Labute approximate surface area is 101 Å². The molecule has 0 amide bonds. The summed E-state index contributed by atoms with van der Waals surface area (Å²) in [4.78, 5) is 19.5. The second-order valence-electron chi connectivity index (χ2n) is 5.24. The fraction of sp³-hybridized carbons (Fsp3) is 0.692. The Bertz CT molecular complexity index is 444. The third-order valence-corrected chi connectivity index (χ3v) is 4.06. The molecule has 2 fully saturated rings. The van der Waals surface area contributed by atoms with Gasteiger partial charge in [-0.05, 0) is 18.8 Å². The second-order valence-corrected chi connectivity index (χ2v) is 5.24. The summed E-state index contributed by atoms with van der Waals surface area (Å²) >= 11 is 0. The Morgan fingerprint density at radius 1 is 1.12 bits per heavy atom. The number of hydrogen-bond acceptors (Lipinski definition) is 3. The summed E-state index contributed by atoms with van der Waals surface area (Å²) in [7, 11) is 0. The predicted molar refractivity (Wildman–Crippen MR) is 66.3 cm³/mol. The molecule has 2 heterocycles. The highest BCUT2D eigenvalue weighted by molar-refractivity contribution is 5.15. The Balaban J connectivity index is 1.82. The maximum Gasteiger partial charge on any atom is 0.254 e. The van der Waals surface area contributed by atoms with Crippen molar-refractivity contribution in [2.75, 3.05) is 13.1 Å². The molecule has 1 saturated heterocycles. The Hall–Kier alpha value is -1.16. The van der Waals surface area contributed by atoms with Crippen LogP contribution in [0.3, 0.4) is 0 Å². The summed E-state index contributed by atoms with van der Waals surface area (Å²) in [5, 5.41) is 3.20. The highest BCUT2D eigenvalue weighted by atomic mass is 16.1. The van der Waals surface area contributed by atoms with E-state index >= 15 is 0 Å². The summed E-state index contributed by atoms with van der Waals surface area (Å²) in [6.45, 7) is 1.87. The highest BCUT2D eigenvalue weighted by Crippen LogP contribution is 2.30. The molecule has 2 aliphatic rings. The van der Waals surface area contributed by atoms with Crippen molar-refractivity contribution in [3.8, 4) is 0 Å². The third-order valence-electron chi connectivity index (χ3n) is 4.06. The first kappa shape index (κ1) is 11.0. The van der Waals surface area contributed by atoms with Crippen LogP contribution in [0.1, 0.15) is 55.3 Å². The molecule has 1 aromatic heterocycles. The van der Waals surface area contributed by atoms with Crippen molar-refractivity contribution in [3.05, 3.63) is 27.9 Å². The lowest BCUT2D eigenvalue weighted by Crippen LogP contribution is -2.41. The lowest BCUT2D eigenvalue weighted by atomic mass is 9.85. The summed E-state index contributed by atoms with van der Waals surface area (Å²) < 4.78 is 0. The molecule has 1 aliphatic carbocycles. The minimum atomic E-state index is 0.0915. The molecule has 1 aliphatic heterocycles. The van der Waals surface area contributed by atoms with Crippen LogP contribution in [0.4, 0.5) is 0 Å². The van der Waals surface area contributed by atoms with E-state index in [2.05, 4.69) is 15.3 Å². The van der Waals surface area contributed by atoms with Crippen molar-refractivity contribution < 1.29 is 0 Å². The molecule has 0 bridgehead atoms. The zero-order chi connectivity index (χ0) is 11.7. The van der Waals surface area contributed by atoms with Crippen LogP contribution in [0.25, 0.3) is 0 Å². The lowest BCUT2D eigenvalue weighted by Gasteiger charge is -2.26. The summed E-state index contributed by atoms with van der Waals surface area (Å²) in [6, 6.07) is 0. The van der Waals surface area contributed by atoms with Crippen LogP contribution in [-0.2, 0) is 0 Å². The Kier molecular flexibility index (Phi) is 2.97. The first-order chi connectivity index (χ1) is 8.34. The minimum absolute atomic E-state index is 0.0915. The summed E-state index contributed by atoms with van der Waals surface area (Å²) in [5.41, 5.74) is 0.995. The van der Waals surface area contributed by atoms with Crippen LogP contribution in [0.5, 0.6) is 0 Å². The van der Waals surface area contributed by atoms with Gasteiger partial charge in [0.2, 0.25) is 0 Å². The van der Waals surface area contributed by atoms with Crippen LogP contribution < -0.4 is 10.9 Å². The monoisotopic (exact) mass is 233 g/mol. The third kappa shape index (κ3) is 2.14. The lowest BCUT2D eigenvalue weighted by molar-refractivity contribution is 0.422. The Morgan fingerprint density at radius 3 is 2.47 bits per heavy atom. The van der Waals surface area contributed by atoms with E-state index in [1.807, 2.05) is 6.20 Å². The van der Waals surface area contributed by atoms with E-state index in [1.165, 1.54) is 19.3 Å². The van der Waals surface area contributed by atoms with Crippen molar-refractivity contribution in [1.82, 2.24) is 15.3 Å². The molecule has 0 unspecified atom stereocenters. The number of aromatic amines is 1. The molecule has 1 aromatic rings. The van der Waals surface area contributed by atoms with Crippen molar-refractivity contribution in [3.63, 3.8) is 0 Å². The van der Waals surface area contributed by atoms with Gasteiger partial charge in [-0.3, -0.25) is 4.79 Å². The fourth-order valence-corrected chi connectivity index (χ4v) is 2.81. The predicted octanol–water partition coefficient (Wildman–Crippen LogP) is 1.50. The molecule has 92 valence electrons. The van der Waals surface area contributed by atoms with Crippen molar-refractivity contribution in [1.29, 1.82) is 0 Å². The van der Waals surface area contributed by atoms with Gasteiger partial charge < -0.3 is 10.3 Å². The van der Waals surface area contributed by atoms with Gasteiger partial charge in [0.1, 0.15) is 5.82 Å².